The fraction of sp³-hybridized carbons (Fsp3) is 0.520. The summed E-state index contributed by atoms with van der Waals surface area (Å²) in [5, 5.41) is 6.20. The predicted octanol–water partition coefficient (Wildman–Crippen LogP) is 3.95. The molecule has 2 fully saturated rings. The number of hydrogen-bond donors (Lipinski definition) is 2. The normalized spacial score (nSPS) is 19.3. The van der Waals surface area contributed by atoms with Crippen LogP contribution in [0, 0.1) is 5.92 Å². The molecule has 2 aromatic rings. The number of anilines is 1. The summed E-state index contributed by atoms with van der Waals surface area (Å²) in [5.74, 6) is 0.101. The molecule has 2 heterocycles. The summed E-state index contributed by atoms with van der Waals surface area (Å²) in [7, 11) is 0. The zero-order chi connectivity index (χ0) is 22.3. The fourth-order valence-corrected chi connectivity index (χ4v) is 4.81. The second-order valence-electron chi connectivity index (χ2n) is 9.00. The van der Waals surface area contributed by atoms with E-state index in [1.165, 1.54) is 31.7 Å². The van der Waals surface area contributed by atoms with Crippen LogP contribution in [0.15, 0.2) is 42.9 Å². The topological polar surface area (TPSA) is 87.2 Å². The Kier molecular flexibility index (Phi) is 7.47. The molecule has 1 saturated carbocycles. The second kappa shape index (κ2) is 10.7. The number of carbonyl (C=O) groups is 2. The molecule has 1 atom stereocenters. The van der Waals surface area contributed by atoms with Gasteiger partial charge in [-0.2, -0.15) is 0 Å². The van der Waals surface area contributed by atoms with Gasteiger partial charge >= 0.3 is 0 Å². The number of nitrogens with zero attached hydrogens (tertiary/aromatic N) is 3. The highest BCUT2D eigenvalue weighted by Crippen LogP contribution is 2.28. The number of aromatic nitrogens is 2. The average Bonchev–Trinajstić information content (AvgIpc) is 2.85. The van der Waals surface area contributed by atoms with Crippen LogP contribution in [0.4, 0.5) is 5.69 Å². The highest BCUT2D eigenvalue weighted by Gasteiger charge is 2.29. The van der Waals surface area contributed by atoms with Crippen molar-refractivity contribution in [3.63, 3.8) is 0 Å². The molecule has 0 spiro atoms. The van der Waals surface area contributed by atoms with E-state index in [1.807, 2.05) is 18.2 Å². The first-order chi connectivity index (χ1) is 15.6. The molecule has 170 valence electrons. The summed E-state index contributed by atoms with van der Waals surface area (Å²) in [4.78, 5) is 35.5. The third kappa shape index (κ3) is 5.71. The van der Waals surface area contributed by atoms with Gasteiger partial charge in [0.05, 0.1) is 6.20 Å². The molecule has 4 rings (SSSR count). The molecule has 2 amide bonds. The van der Waals surface area contributed by atoms with Gasteiger partial charge in [0, 0.05) is 36.1 Å². The Hall–Kier alpha value is -2.80. The summed E-state index contributed by atoms with van der Waals surface area (Å²) in [6.07, 6.45) is 12.3. The largest absolute Gasteiger partial charge is 0.353 e. The number of benzene rings is 1. The maximum atomic E-state index is 12.7. The quantitative estimate of drug-likeness (QED) is 0.717. The van der Waals surface area contributed by atoms with Crippen molar-refractivity contribution in [2.45, 2.75) is 64.0 Å². The number of piperidine rings is 1. The molecule has 1 aromatic carbocycles. The minimum absolute atomic E-state index is 0.123. The SMILES string of the molecule is CC(c1cccc(NC(=O)c2cnccn2)c1)N1CCC(C(=O)NC2CCCCC2)CC1. The Labute approximate surface area is 190 Å². The third-order valence-electron chi connectivity index (χ3n) is 6.82. The van der Waals surface area contributed by atoms with Gasteiger partial charge in [0.2, 0.25) is 5.91 Å². The van der Waals surface area contributed by atoms with E-state index in [2.05, 4.69) is 38.5 Å². The predicted molar refractivity (Wildman–Crippen MR) is 124 cm³/mol. The molecule has 1 aliphatic carbocycles. The molecule has 1 aromatic heterocycles. The van der Waals surface area contributed by atoms with Crippen LogP contribution in [0.5, 0.6) is 0 Å². The van der Waals surface area contributed by atoms with Crippen molar-refractivity contribution in [3.05, 3.63) is 54.1 Å². The van der Waals surface area contributed by atoms with E-state index in [1.54, 1.807) is 6.20 Å². The van der Waals surface area contributed by atoms with Gasteiger partial charge in [0.25, 0.3) is 5.91 Å². The Morgan fingerprint density at radius 2 is 1.84 bits per heavy atom. The molecular formula is C25H33N5O2. The van der Waals surface area contributed by atoms with Crippen LogP contribution in [0.2, 0.25) is 0 Å². The third-order valence-corrected chi connectivity index (χ3v) is 6.82. The zero-order valence-corrected chi connectivity index (χ0v) is 18.8. The van der Waals surface area contributed by atoms with Crippen LogP contribution < -0.4 is 10.6 Å². The Balaban J connectivity index is 1.30. The molecular weight excluding hydrogens is 402 g/mol. The molecule has 2 aliphatic rings. The van der Waals surface area contributed by atoms with Crippen LogP contribution in [-0.4, -0.2) is 45.8 Å². The molecule has 7 heteroatoms. The Bertz CT molecular complexity index is 906. The number of carbonyl (C=O) groups excluding carboxylic acids is 2. The first-order valence-corrected chi connectivity index (χ1v) is 11.8. The van der Waals surface area contributed by atoms with E-state index in [0.717, 1.165) is 50.0 Å². The van der Waals surface area contributed by atoms with Crippen molar-refractivity contribution < 1.29 is 9.59 Å². The number of amides is 2. The minimum atomic E-state index is -0.271. The Morgan fingerprint density at radius 1 is 1.06 bits per heavy atom. The molecule has 7 nitrogen and oxygen atoms in total. The summed E-state index contributed by atoms with van der Waals surface area (Å²) >= 11 is 0. The van der Waals surface area contributed by atoms with Crippen molar-refractivity contribution in [1.29, 1.82) is 0 Å². The number of nitrogens with one attached hydrogen (secondary N) is 2. The Morgan fingerprint density at radius 3 is 2.56 bits per heavy atom. The molecule has 32 heavy (non-hydrogen) atoms. The van der Waals surface area contributed by atoms with Crippen molar-refractivity contribution in [2.75, 3.05) is 18.4 Å². The van der Waals surface area contributed by atoms with Gasteiger partial charge in [0.15, 0.2) is 0 Å². The second-order valence-corrected chi connectivity index (χ2v) is 9.00. The van der Waals surface area contributed by atoms with Gasteiger partial charge in [-0.1, -0.05) is 31.4 Å². The van der Waals surface area contributed by atoms with E-state index in [0.29, 0.717) is 11.7 Å². The molecule has 0 bridgehead atoms. The van der Waals surface area contributed by atoms with Gasteiger partial charge in [-0.25, -0.2) is 4.98 Å². The maximum Gasteiger partial charge on any atom is 0.275 e. The van der Waals surface area contributed by atoms with Gasteiger partial charge in [-0.3, -0.25) is 19.5 Å². The van der Waals surface area contributed by atoms with Crippen LogP contribution in [-0.2, 0) is 4.79 Å². The van der Waals surface area contributed by atoms with Crippen molar-refractivity contribution in [1.82, 2.24) is 20.2 Å². The van der Waals surface area contributed by atoms with Crippen LogP contribution in [0.1, 0.15) is 74.0 Å². The first-order valence-electron chi connectivity index (χ1n) is 11.8. The molecule has 2 N–H and O–H groups in total. The molecule has 1 aliphatic heterocycles. The van der Waals surface area contributed by atoms with E-state index in [4.69, 9.17) is 0 Å². The lowest BCUT2D eigenvalue weighted by Gasteiger charge is -2.36. The highest BCUT2D eigenvalue weighted by atomic mass is 16.2. The maximum absolute atomic E-state index is 12.7. The number of likely N-dealkylation sites (tertiary alicyclic amines) is 1. The van der Waals surface area contributed by atoms with Gasteiger partial charge in [-0.05, 0) is 63.4 Å². The van der Waals surface area contributed by atoms with Crippen LogP contribution in [0.3, 0.4) is 0 Å². The van der Waals surface area contributed by atoms with Gasteiger partial charge < -0.3 is 10.6 Å². The number of rotatable bonds is 6. The molecule has 1 saturated heterocycles. The first kappa shape index (κ1) is 22.4. The van der Waals surface area contributed by atoms with Crippen molar-refractivity contribution in [3.8, 4) is 0 Å². The van der Waals surface area contributed by atoms with Crippen molar-refractivity contribution >= 4 is 17.5 Å². The lowest BCUT2D eigenvalue weighted by molar-refractivity contribution is -0.127. The minimum Gasteiger partial charge on any atom is -0.353 e. The zero-order valence-electron chi connectivity index (χ0n) is 18.8. The van der Waals surface area contributed by atoms with Crippen molar-refractivity contribution in [2.24, 2.45) is 5.92 Å². The van der Waals surface area contributed by atoms with E-state index in [9.17, 15) is 9.59 Å². The summed E-state index contributed by atoms with van der Waals surface area (Å²) < 4.78 is 0. The molecule has 1 unspecified atom stereocenters. The molecule has 0 radical (unpaired) electrons. The highest BCUT2D eigenvalue weighted by molar-refractivity contribution is 6.02. The van der Waals surface area contributed by atoms with E-state index < -0.39 is 0 Å². The standard InChI is InChI=1S/C25H33N5O2/c1-18(20-6-5-9-22(16-20)29-25(32)23-17-26-12-13-27-23)30-14-10-19(11-15-30)24(31)28-21-7-3-2-4-8-21/h5-6,9,12-13,16-19,21H,2-4,7-8,10-11,14-15H2,1H3,(H,28,31)(H,29,32). The van der Waals surface area contributed by atoms with Gasteiger partial charge in [-0.15, -0.1) is 0 Å². The van der Waals surface area contributed by atoms with Gasteiger partial charge in [0.1, 0.15) is 5.69 Å². The lowest BCUT2D eigenvalue weighted by atomic mass is 9.91. The van der Waals surface area contributed by atoms with E-state index >= 15 is 0 Å². The van der Waals surface area contributed by atoms with Crippen LogP contribution in [0.25, 0.3) is 0 Å². The van der Waals surface area contributed by atoms with E-state index in [-0.39, 0.29) is 23.8 Å². The fourth-order valence-electron chi connectivity index (χ4n) is 4.81. The van der Waals surface area contributed by atoms with Crippen LogP contribution >= 0.6 is 0 Å². The summed E-state index contributed by atoms with van der Waals surface area (Å²) in [6, 6.07) is 8.54. The summed E-state index contributed by atoms with van der Waals surface area (Å²) in [6.45, 7) is 3.99. The lowest BCUT2D eigenvalue weighted by Crippen LogP contribution is -2.44. The smallest absolute Gasteiger partial charge is 0.275 e. The summed E-state index contributed by atoms with van der Waals surface area (Å²) in [5.41, 5.74) is 2.18. The number of hydrogen-bond acceptors (Lipinski definition) is 5. The average molecular weight is 436 g/mol. The monoisotopic (exact) mass is 435 g/mol.